The van der Waals surface area contributed by atoms with Crippen LogP contribution in [0, 0.1) is 0 Å². The molecule has 51 valence electrons. The number of halogens is 1. The van der Waals surface area contributed by atoms with Crippen molar-refractivity contribution in [1.82, 2.24) is 0 Å². The zero-order valence-electron chi connectivity index (χ0n) is 3.50. The van der Waals surface area contributed by atoms with Gasteiger partial charge in [0.15, 0.2) is 0 Å². The SMILES string of the molecule is Cl.O=C(O)C(=O)O.[Mn].[NaH]. The molecule has 0 aliphatic carbocycles. The molecule has 2 N–H and O–H groups in total. The van der Waals surface area contributed by atoms with Gasteiger partial charge in [0.2, 0.25) is 0 Å². The van der Waals surface area contributed by atoms with E-state index in [4.69, 9.17) is 19.8 Å². The van der Waals surface area contributed by atoms with Gasteiger partial charge in [-0.1, -0.05) is 0 Å². The van der Waals surface area contributed by atoms with E-state index < -0.39 is 11.9 Å². The fraction of sp³-hybridized carbons (Fsp3) is 0. The molecule has 0 aromatic heterocycles. The van der Waals surface area contributed by atoms with Crippen LogP contribution in [0.2, 0.25) is 0 Å². The standard InChI is InChI=1S/C2H2O4.ClH.Mn.Na.H/c3-1(4)2(5)6;;;;/h(H,3,4)(H,5,6);1H;;;. The summed E-state index contributed by atoms with van der Waals surface area (Å²) >= 11 is 0. The Labute approximate surface area is 90.2 Å². The quantitative estimate of drug-likeness (QED) is 0.390. The summed E-state index contributed by atoms with van der Waals surface area (Å²) in [5.74, 6) is -3.65. The summed E-state index contributed by atoms with van der Waals surface area (Å²) in [6.45, 7) is 0. The molecule has 0 bridgehead atoms. The van der Waals surface area contributed by atoms with Crippen molar-refractivity contribution in [2.24, 2.45) is 0 Å². The summed E-state index contributed by atoms with van der Waals surface area (Å²) in [6.07, 6.45) is 0. The van der Waals surface area contributed by atoms with E-state index in [2.05, 4.69) is 0 Å². The topological polar surface area (TPSA) is 74.6 Å². The first kappa shape index (κ1) is 22.6. The predicted molar refractivity (Wildman–Crippen MR) is 29.7 cm³/mol. The van der Waals surface area contributed by atoms with Crippen LogP contribution in [-0.2, 0) is 26.7 Å². The molecule has 0 rings (SSSR count). The normalized spacial score (nSPS) is 4.89. The summed E-state index contributed by atoms with van der Waals surface area (Å²) in [6, 6.07) is 0. The maximum atomic E-state index is 9.10. The number of carboxylic acid groups (broad SMARTS) is 2. The molecule has 1 radical (unpaired) electrons. The zero-order valence-corrected chi connectivity index (χ0v) is 5.49. The molecule has 4 nitrogen and oxygen atoms in total. The molecule has 0 heterocycles. The fourth-order valence-corrected chi connectivity index (χ4v) is 0. The van der Waals surface area contributed by atoms with Gasteiger partial charge in [-0.3, -0.25) is 0 Å². The number of carbonyl (C=O) groups is 2. The van der Waals surface area contributed by atoms with Crippen LogP contribution in [0.25, 0.3) is 0 Å². The molecule has 0 saturated heterocycles. The van der Waals surface area contributed by atoms with E-state index in [1.165, 1.54) is 0 Å². The van der Waals surface area contributed by atoms with Crippen molar-refractivity contribution in [3.05, 3.63) is 0 Å². The molecule has 0 saturated carbocycles. The van der Waals surface area contributed by atoms with Crippen molar-refractivity contribution in [2.75, 3.05) is 0 Å². The Morgan fingerprint density at radius 1 is 1.00 bits per heavy atom. The van der Waals surface area contributed by atoms with Crippen LogP contribution >= 0.6 is 12.4 Å². The van der Waals surface area contributed by atoms with Crippen LogP contribution in [0.5, 0.6) is 0 Å². The molecule has 0 fully saturated rings. The molecule has 0 spiro atoms. The van der Waals surface area contributed by atoms with Crippen molar-refractivity contribution in [2.45, 2.75) is 0 Å². The van der Waals surface area contributed by atoms with Gasteiger partial charge < -0.3 is 10.2 Å². The van der Waals surface area contributed by atoms with E-state index in [9.17, 15) is 0 Å². The zero-order chi connectivity index (χ0) is 5.15. The second-order valence-electron chi connectivity index (χ2n) is 0.610. The molecule has 0 aromatic carbocycles. The molecule has 0 amide bonds. The van der Waals surface area contributed by atoms with Crippen molar-refractivity contribution in [1.29, 1.82) is 0 Å². The third-order valence-electron chi connectivity index (χ3n) is 0.183. The monoisotopic (exact) mass is 205 g/mol. The van der Waals surface area contributed by atoms with Crippen molar-refractivity contribution in [3.63, 3.8) is 0 Å². The van der Waals surface area contributed by atoms with Crippen LogP contribution in [0.1, 0.15) is 0 Å². The Hall–Kier alpha value is 0.749. The number of carboxylic acids is 2. The van der Waals surface area contributed by atoms with Crippen LogP contribution in [0.3, 0.4) is 0 Å². The molecule has 0 aliphatic heterocycles. The molecule has 0 aromatic rings. The molecule has 7 heteroatoms. The Kier molecular flexibility index (Phi) is 28.9. The predicted octanol–water partition coefficient (Wildman–Crippen LogP) is -1.07. The first-order valence-corrected chi connectivity index (χ1v) is 1.11. The van der Waals surface area contributed by atoms with Crippen LogP contribution in [0.4, 0.5) is 0 Å². The van der Waals surface area contributed by atoms with Crippen molar-refractivity contribution < 1.29 is 36.9 Å². The Bertz CT molecular complexity index is 84.6. The van der Waals surface area contributed by atoms with Crippen molar-refractivity contribution >= 4 is 53.9 Å². The Morgan fingerprint density at radius 2 is 1.11 bits per heavy atom. The minimum atomic E-state index is -1.82. The van der Waals surface area contributed by atoms with Gasteiger partial charge in [0.1, 0.15) is 0 Å². The van der Waals surface area contributed by atoms with Crippen LogP contribution in [0.15, 0.2) is 0 Å². The average Bonchev–Trinajstić information content (AvgIpc) is 1.36. The maximum absolute atomic E-state index is 9.10. The van der Waals surface area contributed by atoms with Crippen molar-refractivity contribution in [3.8, 4) is 0 Å². The van der Waals surface area contributed by atoms with E-state index in [0.29, 0.717) is 0 Å². The van der Waals surface area contributed by atoms with Crippen LogP contribution < -0.4 is 0 Å². The van der Waals surface area contributed by atoms with Gasteiger partial charge in [0, 0.05) is 17.1 Å². The number of hydrogen-bond donors (Lipinski definition) is 2. The molecular formula is C2H4ClMnNaO4. The van der Waals surface area contributed by atoms with Gasteiger partial charge in [-0.2, -0.15) is 0 Å². The Morgan fingerprint density at radius 3 is 1.11 bits per heavy atom. The van der Waals surface area contributed by atoms with Gasteiger partial charge >= 0.3 is 41.5 Å². The van der Waals surface area contributed by atoms with Crippen LogP contribution in [-0.4, -0.2) is 51.7 Å². The minimum absolute atomic E-state index is 0. The first-order chi connectivity index (χ1) is 2.64. The Balaban J connectivity index is -0.0000000417. The number of aliphatic carboxylic acids is 2. The van der Waals surface area contributed by atoms with Gasteiger partial charge in [-0.05, 0) is 0 Å². The second-order valence-corrected chi connectivity index (χ2v) is 0.610. The van der Waals surface area contributed by atoms with E-state index >= 15 is 0 Å². The van der Waals surface area contributed by atoms with Gasteiger partial charge in [0.25, 0.3) is 0 Å². The molecule has 9 heavy (non-hydrogen) atoms. The second kappa shape index (κ2) is 11.5. The molecule has 0 atom stereocenters. The van der Waals surface area contributed by atoms with E-state index in [0.717, 1.165) is 0 Å². The summed E-state index contributed by atoms with van der Waals surface area (Å²) in [5.41, 5.74) is 0. The van der Waals surface area contributed by atoms with E-state index in [1.54, 1.807) is 0 Å². The summed E-state index contributed by atoms with van der Waals surface area (Å²) < 4.78 is 0. The van der Waals surface area contributed by atoms with E-state index in [-0.39, 0.29) is 59.0 Å². The van der Waals surface area contributed by atoms with E-state index in [1.807, 2.05) is 0 Å². The van der Waals surface area contributed by atoms with Gasteiger partial charge in [-0.25, -0.2) is 9.59 Å². The molecular weight excluding hydrogens is 201 g/mol. The average molecular weight is 205 g/mol. The molecule has 0 unspecified atom stereocenters. The summed E-state index contributed by atoms with van der Waals surface area (Å²) in [5, 5.41) is 14.8. The third-order valence-corrected chi connectivity index (χ3v) is 0.183. The fourth-order valence-electron chi connectivity index (χ4n) is 0. The van der Waals surface area contributed by atoms with Gasteiger partial charge in [0.05, 0.1) is 0 Å². The summed E-state index contributed by atoms with van der Waals surface area (Å²) in [7, 11) is 0. The summed E-state index contributed by atoms with van der Waals surface area (Å²) in [4.78, 5) is 18.2. The third kappa shape index (κ3) is 17.7. The molecule has 0 aliphatic rings. The number of rotatable bonds is 0. The first-order valence-electron chi connectivity index (χ1n) is 1.11. The van der Waals surface area contributed by atoms with Gasteiger partial charge in [-0.15, -0.1) is 12.4 Å². The number of hydrogen-bond acceptors (Lipinski definition) is 2.